The minimum atomic E-state index is -3.50. The minimum absolute atomic E-state index is 0.196. The van der Waals surface area contributed by atoms with Crippen LogP contribution in [0.5, 0.6) is 0 Å². The maximum absolute atomic E-state index is 12.2. The molecule has 0 radical (unpaired) electrons. The number of thioether (sulfide) groups is 2. The van der Waals surface area contributed by atoms with Crippen LogP contribution in [-0.2, 0) is 10.0 Å². The molecule has 2 rings (SSSR count). The van der Waals surface area contributed by atoms with E-state index in [1.165, 1.54) is 6.07 Å². The molecule has 0 aromatic heterocycles. The molecule has 1 fully saturated rings. The molecule has 8 heteroatoms. The van der Waals surface area contributed by atoms with Gasteiger partial charge >= 0.3 is 0 Å². The summed E-state index contributed by atoms with van der Waals surface area (Å²) in [5, 5.41) is 0.335. The summed E-state index contributed by atoms with van der Waals surface area (Å²) in [4.78, 5) is 0.401. The molecular weight excluding hydrogens is 332 g/mol. The Labute approximate surface area is 133 Å². The lowest BCUT2D eigenvalue weighted by Gasteiger charge is -2.21. The van der Waals surface area contributed by atoms with Gasteiger partial charge in [-0.2, -0.15) is 23.5 Å². The zero-order chi connectivity index (χ0) is 14.6. The van der Waals surface area contributed by atoms with Gasteiger partial charge in [-0.05, 0) is 12.1 Å². The van der Waals surface area contributed by atoms with E-state index in [4.69, 9.17) is 18.0 Å². The number of nitrogens with two attached hydrogens (primary N) is 1. The molecule has 1 aliphatic rings. The van der Waals surface area contributed by atoms with Crippen LogP contribution in [0.3, 0.4) is 0 Å². The highest BCUT2D eigenvalue weighted by atomic mass is 32.2. The summed E-state index contributed by atoms with van der Waals surface area (Å²) in [6.07, 6.45) is 0. The maximum Gasteiger partial charge on any atom is 0.240 e. The quantitative estimate of drug-likeness (QED) is 0.785. The molecule has 1 unspecified atom stereocenters. The molecule has 3 N–H and O–H groups in total. The molecule has 0 bridgehead atoms. The van der Waals surface area contributed by atoms with Gasteiger partial charge in [-0.3, -0.25) is 0 Å². The lowest BCUT2D eigenvalue weighted by atomic mass is 10.2. The highest BCUT2D eigenvalue weighted by Gasteiger charge is 2.19. The third-order valence-corrected chi connectivity index (χ3v) is 7.32. The van der Waals surface area contributed by atoms with Crippen LogP contribution in [0.4, 0.5) is 0 Å². The highest BCUT2D eigenvalue weighted by molar-refractivity contribution is 8.06. The van der Waals surface area contributed by atoms with Gasteiger partial charge in [0, 0.05) is 34.6 Å². The van der Waals surface area contributed by atoms with Crippen molar-refractivity contribution < 1.29 is 8.42 Å². The van der Waals surface area contributed by atoms with Crippen molar-refractivity contribution in [3.63, 3.8) is 0 Å². The van der Waals surface area contributed by atoms with E-state index < -0.39 is 10.0 Å². The molecule has 0 saturated carbocycles. The summed E-state index contributed by atoms with van der Waals surface area (Å²) in [5.41, 5.74) is 6.09. The Bertz CT molecular complexity index is 583. The van der Waals surface area contributed by atoms with E-state index in [0.717, 1.165) is 17.3 Å². The van der Waals surface area contributed by atoms with Crippen LogP contribution in [-0.4, -0.2) is 42.5 Å². The lowest BCUT2D eigenvalue weighted by Crippen LogP contribution is -2.33. The average Bonchev–Trinajstić information content (AvgIpc) is 2.46. The second-order valence-corrected chi connectivity index (χ2v) is 9.08. The summed E-state index contributed by atoms with van der Waals surface area (Å²) < 4.78 is 27.1. The second kappa shape index (κ2) is 7.13. The van der Waals surface area contributed by atoms with Crippen molar-refractivity contribution in [2.45, 2.75) is 10.1 Å². The first-order valence-corrected chi connectivity index (χ1v) is 10.2. The van der Waals surface area contributed by atoms with Gasteiger partial charge in [0.05, 0.1) is 4.90 Å². The average molecular weight is 349 g/mol. The SMILES string of the molecule is NC(=S)c1cccc(S(=O)(=O)NCC2CSCCS2)c1. The molecule has 1 saturated heterocycles. The first kappa shape index (κ1) is 16.1. The van der Waals surface area contributed by atoms with E-state index in [-0.39, 0.29) is 9.88 Å². The van der Waals surface area contributed by atoms with Crippen LogP contribution in [0.25, 0.3) is 0 Å². The predicted molar refractivity (Wildman–Crippen MR) is 91.1 cm³/mol. The Balaban J connectivity index is 2.05. The molecule has 1 aliphatic heterocycles. The molecule has 1 heterocycles. The molecule has 20 heavy (non-hydrogen) atoms. The Kier molecular flexibility index (Phi) is 5.74. The van der Waals surface area contributed by atoms with Crippen molar-refractivity contribution in [3.05, 3.63) is 29.8 Å². The van der Waals surface area contributed by atoms with Gasteiger partial charge in [0.1, 0.15) is 4.99 Å². The molecular formula is C12H16N2O2S4. The van der Waals surface area contributed by atoms with Gasteiger partial charge < -0.3 is 5.73 Å². The van der Waals surface area contributed by atoms with E-state index in [0.29, 0.717) is 17.4 Å². The summed E-state index contributed by atoms with van der Waals surface area (Å²) in [6, 6.07) is 6.41. The first-order chi connectivity index (χ1) is 9.49. The zero-order valence-electron chi connectivity index (χ0n) is 10.7. The number of hydrogen-bond donors (Lipinski definition) is 2. The van der Waals surface area contributed by atoms with Gasteiger partial charge in [0.2, 0.25) is 10.0 Å². The van der Waals surface area contributed by atoms with Crippen molar-refractivity contribution in [2.75, 3.05) is 23.8 Å². The van der Waals surface area contributed by atoms with E-state index in [1.807, 2.05) is 23.5 Å². The Morgan fingerprint density at radius 2 is 2.25 bits per heavy atom. The van der Waals surface area contributed by atoms with Crippen LogP contribution >= 0.6 is 35.7 Å². The van der Waals surface area contributed by atoms with Gasteiger partial charge in [-0.25, -0.2) is 13.1 Å². The number of thiocarbonyl (C=S) groups is 1. The van der Waals surface area contributed by atoms with Crippen molar-refractivity contribution >= 4 is 50.8 Å². The van der Waals surface area contributed by atoms with E-state index in [1.54, 1.807) is 18.2 Å². The molecule has 0 amide bonds. The van der Waals surface area contributed by atoms with E-state index >= 15 is 0 Å². The molecule has 0 spiro atoms. The second-order valence-electron chi connectivity index (χ2n) is 4.31. The lowest BCUT2D eigenvalue weighted by molar-refractivity contribution is 0.581. The Hall–Kier alpha value is -0.280. The fraction of sp³-hybridized carbons (Fsp3) is 0.417. The monoisotopic (exact) mass is 348 g/mol. The Morgan fingerprint density at radius 1 is 1.45 bits per heavy atom. The number of benzene rings is 1. The molecule has 1 aromatic carbocycles. The smallest absolute Gasteiger partial charge is 0.240 e. The fourth-order valence-electron chi connectivity index (χ4n) is 1.76. The summed E-state index contributed by atoms with van der Waals surface area (Å²) >= 11 is 8.55. The van der Waals surface area contributed by atoms with Gasteiger partial charge in [0.25, 0.3) is 0 Å². The van der Waals surface area contributed by atoms with Crippen molar-refractivity contribution in [2.24, 2.45) is 5.73 Å². The predicted octanol–water partition coefficient (Wildman–Crippen LogP) is 1.45. The topological polar surface area (TPSA) is 72.2 Å². The van der Waals surface area contributed by atoms with Crippen LogP contribution in [0.15, 0.2) is 29.2 Å². The van der Waals surface area contributed by atoms with Gasteiger partial charge in [-0.1, -0.05) is 24.4 Å². The molecule has 110 valence electrons. The standard InChI is InChI=1S/C12H16N2O2S4/c13-12(17)9-2-1-3-11(6-9)20(15,16)14-7-10-8-18-4-5-19-10/h1-3,6,10,14H,4-5,7-8H2,(H2,13,17). The minimum Gasteiger partial charge on any atom is -0.389 e. The third-order valence-electron chi connectivity index (χ3n) is 2.81. The van der Waals surface area contributed by atoms with Crippen molar-refractivity contribution in [1.82, 2.24) is 4.72 Å². The summed E-state index contributed by atoms with van der Waals surface area (Å²) in [6.45, 7) is 0.456. The number of sulfonamides is 1. The molecule has 0 aliphatic carbocycles. The molecule has 4 nitrogen and oxygen atoms in total. The zero-order valence-corrected chi connectivity index (χ0v) is 14.0. The Morgan fingerprint density at radius 3 is 2.90 bits per heavy atom. The van der Waals surface area contributed by atoms with Crippen LogP contribution < -0.4 is 10.5 Å². The van der Waals surface area contributed by atoms with Crippen LogP contribution in [0, 0.1) is 0 Å². The fourth-order valence-corrected chi connectivity index (χ4v) is 5.73. The molecule has 1 aromatic rings. The number of hydrogen-bond acceptors (Lipinski definition) is 5. The highest BCUT2D eigenvalue weighted by Crippen LogP contribution is 2.23. The number of nitrogens with one attached hydrogen (secondary N) is 1. The van der Waals surface area contributed by atoms with Crippen LogP contribution in [0.2, 0.25) is 0 Å². The van der Waals surface area contributed by atoms with Gasteiger partial charge in [-0.15, -0.1) is 0 Å². The maximum atomic E-state index is 12.2. The largest absolute Gasteiger partial charge is 0.389 e. The van der Waals surface area contributed by atoms with E-state index in [9.17, 15) is 8.42 Å². The summed E-state index contributed by atoms with van der Waals surface area (Å²) in [7, 11) is -3.50. The van der Waals surface area contributed by atoms with Crippen molar-refractivity contribution in [3.8, 4) is 0 Å². The normalized spacial score (nSPS) is 19.7. The van der Waals surface area contributed by atoms with Crippen molar-refractivity contribution in [1.29, 1.82) is 0 Å². The summed E-state index contributed by atoms with van der Waals surface area (Å²) in [5.74, 6) is 3.21. The number of rotatable bonds is 5. The third kappa shape index (κ3) is 4.36. The van der Waals surface area contributed by atoms with E-state index in [2.05, 4.69) is 4.72 Å². The van der Waals surface area contributed by atoms with Crippen LogP contribution in [0.1, 0.15) is 5.56 Å². The van der Waals surface area contributed by atoms with Gasteiger partial charge in [0.15, 0.2) is 0 Å². The first-order valence-electron chi connectivity index (χ1n) is 6.08. The molecule has 1 atom stereocenters.